The summed E-state index contributed by atoms with van der Waals surface area (Å²) in [5.74, 6) is 6.32. The summed E-state index contributed by atoms with van der Waals surface area (Å²) in [5.41, 5.74) is 5.84. The van der Waals surface area contributed by atoms with E-state index >= 15 is 0 Å². The quantitative estimate of drug-likeness (QED) is 0.328. The summed E-state index contributed by atoms with van der Waals surface area (Å²) in [5, 5.41) is 2.94. The summed E-state index contributed by atoms with van der Waals surface area (Å²) < 4.78 is 17.3. The van der Waals surface area contributed by atoms with Crippen LogP contribution in [-0.4, -0.2) is 37.1 Å². The molecule has 2 fully saturated rings. The van der Waals surface area contributed by atoms with Crippen molar-refractivity contribution in [3.05, 3.63) is 95.1 Å². The molecule has 1 aliphatic heterocycles. The van der Waals surface area contributed by atoms with E-state index in [1.165, 1.54) is 22.3 Å². The highest BCUT2D eigenvalue weighted by Gasteiger charge is 2.33. The Morgan fingerprint density at radius 2 is 1.56 bits per heavy atom. The maximum Gasteiger partial charge on any atom is 0.407 e. The van der Waals surface area contributed by atoms with Crippen molar-refractivity contribution in [1.82, 2.24) is 5.32 Å². The van der Waals surface area contributed by atoms with Gasteiger partial charge in [-0.1, -0.05) is 72.5 Å². The summed E-state index contributed by atoms with van der Waals surface area (Å²) >= 11 is 0. The largest absolute Gasteiger partial charge is 0.449 e. The van der Waals surface area contributed by atoms with Crippen LogP contribution in [0.5, 0.6) is 0 Å². The Morgan fingerprint density at radius 3 is 2.26 bits per heavy atom. The van der Waals surface area contributed by atoms with Crippen LogP contribution in [0.2, 0.25) is 0 Å². The van der Waals surface area contributed by atoms with Gasteiger partial charge in [-0.3, -0.25) is 0 Å². The summed E-state index contributed by atoms with van der Waals surface area (Å²) in [4.78, 5) is 25.6. The van der Waals surface area contributed by atoms with Gasteiger partial charge in [0.05, 0.1) is 17.7 Å². The second kappa shape index (κ2) is 11.0. The van der Waals surface area contributed by atoms with Crippen LogP contribution in [0.1, 0.15) is 65.6 Å². The molecule has 1 unspecified atom stereocenters. The highest BCUT2D eigenvalue weighted by Crippen LogP contribution is 2.44. The van der Waals surface area contributed by atoms with E-state index in [2.05, 4.69) is 41.4 Å². The maximum atomic E-state index is 12.9. The normalized spacial score (nSPS) is 21.6. The molecule has 1 saturated heterocycles. The number of nitrogens with one attached hydrogen (secondary N) is 1. The number of carbonyl (C=O) groups is 2. The van der Waals surface area contributed by atoms with Gasteiger partial charge in [-0.25, -0.2) is 9.59 Å². The summed E-state index contributed by atoms with van der Waals surface area (Å²) in [6.07, 6.45) is 1.82. The van der Waals surface area contributed by atoms with E-state index in [0.29, 0.717) is 29.9 Å². The topological polar surface area (TPSA) is 73.9 Å². The van der Waals surface area contributed by atoms with Gasteiger partial charge in [0.25, 0.3) is 0 Å². The Hall–Kier alpha value is -4.08. The molecule has 3 aromatic carbocycles. The number of esters is 1. The second-order valence-electron chi connectivity index (χ2n) is 10.4. The first-order valence-electron chi connectivity index (χ1n) is 13.7. The standard InChI is InChI=1S/C33H31NO5/c1-21-30(18-19-31(38-21)39-32(35)24-9-3-2-8-23(24)17-16-22-14-15-22)34-33(36)37-20-29-27-12-6-4-10-25(27)26-11-5-7-13-28(26)29/h2-13,21-22,29-31H,14-15,18-20H2,1H3,(H,34,36)/t21?,30-,31+/m1/s1. The zero-order valence-corrected chi connectivity index (χ0v) is 21.9. The van der Waals surface area contributed by atoms with Crippen LogP contribution in [0.25, 0.3) is 11.1 Å². The van der Waals surface area contributed by atoms with Gasteiger partial charge < -0.3 is 19.5 Å². The molecule has 0 aromatic heterocycles. The van der Waals surface area contributed by atoms with E-state index in [0.717, 1.165) is 12.8 Å². The molecule has 39 heavy (non-hydrogen) atoms. The van der Waals surface area contributed by atoms with Crippen molar-refractivity contribution in [2.45, 2.75) is 57.0 Å². The second-order valence-corrected chi connectivity index (χ2v) is 10.4. The first-order valence-corrected chi connectivity index (χ1v) is 13.7. The molecule has 2 aliphatic carbocycles. The molecule has 6 heteroatoms. The minimum absolute atomic E-state index is 0.00353. The molecular weight excluding hydrogens is 490 g/mol. The van der Waals surface area contributed by atoms with Gasteiger partial charge in [0, 0.05) is 23.8 Å². The van der Waals surface area contributed by atoms with Crippen LogP contribution in [-0.2, 0) is 14.2 Å². The van der Waals surface area contributed by atoms with Crippen LogP contribution >= 0.6 is 0 Å². The minimum atomic E-state index is -0.683. The minimum Gasteiger partial charge on any atom is -0.449 e. The predicted octanol–water partition coefficient (Wildman–Crippen LogP) is 6.04. The number of hydrogen-bond acceptors (Lipinski definition) is 5. The van der Waals surface area contributed by atoms with Crippen molar-refractivity contribution in [3.8, 4) is 23.0 Å². The lowest BCUT2D eigenvalue weighted by Crippen LogP contribution is -2.49. The number of hydrogen-bond donors (Lipinski definition) is 1. The molecular formula is C33H31NO5. The molecule has 1 saturated carbocycles. The molecule has 1 N–H and O–H groups in total. The number of amides is 1. The van der Waals surface area contributed by atoms with Crippen LogP contribution in [0.15, 0.2) is 72.8 Å². The first-order chi connectivity index (χ1) is 19.1. The predicted molar refractivity (Wildman–Crippen MR) is 147 cm³/mol. The van der Waals surface area contributed by atoms with Crippen LogP contribution in [0, 0.1) is 17.8 Å². The van der Waals surface area contributed by atoms with E-state index < -0.39 is 18.4 Å². The van der Waals surface area contributed by atoms with Gasteiger partial charge in [0.1, 0.15) is 6.61 Å². The molecule has 0 bridgehead atoms. The number of rotatable bonds is 5. The van der Waals surface area contributed by atoms with Gasteiger partial charge in [-0.2, -0.15) is 0 Å². The van der Waals surface area contributed by atoms with Gasteiger partial charge >= 0.3 is 12.1 Å². The highest BCUT2D eigenvalue weighted by atomic mass is 16.7. The summed E-state index contributed by atoms with van der Waals surface area (Å²) in [6.45, 7) is 2.12. The highest BCUT2D eigenvalue weighted by molar-refractivity contribution is 5.92. The van der Waals surface area contributed by atoms with E-state index in [9.17, 15) is 9.59 Å². The third kappa shape index (κ3) is 5.55. The average Bonchev–Trinajstić information content (AvgIpc) is 3.73. The zero-order valence-electron chi connectivity index (χ0n) is 21.9. The molecule has 3 atom stereocenters. The molecule has 6 rings (SSSR count). The van der Waals surface area contributed by atoms with E-state index in [1.807, 2.05) is 43.3 Å². The molecule has 3 aliphatic rings. The number of fused-ring (bicyclic) bond motifs is 3. The van der Waals surface area contributed by atoms with Crippen molar-refractivity contribution >= 4 is 12.1 Å². The van der Waals surface area contributed by atoms with Crippen LogP contribution in [0.3, 0.4) is 0 Å². The van der Waals surface area contributed by atoms with Crippen molar-refractivity contribution in [2.75, 3.05) is 6.61 Å². The lowest BCUT2D eigenvalue weighted by molar-refractivity contribution is -0.169. The van der Waals surface area contributed by atoms with Gasteiger partial charge in [0.15, 0.2) is 0 Å². The monoisotopic (exact) mass is 521 g/mol. The Balaban J connectivity index is 1.02. The fourth-order valence-corrected chi connectivity index (χ4v) is 5.38. The fraction of sp³-hybridized carbons (Fsp3) is 0.333. The van der Waals surface area contributed by atoms with Gasteiger partial charge in [0.2, 0.25) is 6.29 Å². The number of carbonyl (C=O) groups excluding carboxylic acids is 2. The molecule has 3 aromatic rings. The summed E-state index contributed by atoms with van der Waals surface area (Å²) in [6, 6.07) is 23.5. The van der Waals surface area contributed by atoms with E-state index in [1.54, 1.807) is 12.1 Å². The number of ether oxygens (including phenoxy) is 3. The maximum absolute atomic E-state index is 12.9. The van der Waals surface area contributed by atoms with Crippen molar-refractivity contribution in [3.63, 3.8) is 0 Å². The van der Waals surface area contributed by atoms with E-state index in [-0.39, 0.29) is 24.7 Å². The zero-order chi connectivity index (χ0) is 26.8. The smallest absolute Gasteiger partial charge is 0.407 e. The van der Waals surface area contributed by atoms with Gasteiger partial charge in [-0.05, 0) is 60.6 Å². The number of benzene rings is 3. The molecule has 0 spiro atoms. The van der Waals surface area contributed by atoms with Crippen molar-refractivity contribution < 1.29 is 23.8 Å². The Morgan fingerprint density at radius 1 is 0.897 bits per heavy atom. The molecule has 198 valence electrons. The van der Waals surface area contributed by atoms with Crippen molar-refractivity contribution in [2.24, 2.45) is 5.92 Å². The first kappa shape index (κ1) is 25.2. The molecule has 1 heterocycles. The lowest BCUT2D eigenvalue weighted by atomic mass is 9.98. The Labute approximate surface area is 228 Å². The third-order valence-electron chi connectivity index (χ3n) is 7.67. The third-order valence-corrected chi connectivity index (χ3v) is 7.67. The Kier molecular flexibility index (Phi) is 7.08. The van der Waals surface area contributed by atoms with Crippen molar-refractivity contribution in [1.29, 1.82) is 0 Å². The summed E-state index contributed by atoms with van der Waals surface area (Å²) in [7, 11) is 0. The Bertz CT molecular complexity index is 1400. The average molecular weight is 522 g/mol. The number of alkyl carbamates (subject to hydrolysis) is 1. The molecule has 6 nitrogen and oxygen atoms in total. The molecule has 0 radical (unpaired) electrons. The van der Waals surface area contributed by atoms with Crippen LogP contribution in [0.4, 0.5) is 4.79 Å². The van der Waals surface area contributed by atoms with E-state index in [4.69, 9.17) is 14.2 Å². The fourth-order valence-electron chi connectivity index (χ4n) is 5.38. The SMILES string of the molecule is CC1O[C@@H](OC(=O)c2ccccc2C#CC2CC2)CC[C@H]1NC(=O)OCC1c2ccccc2-c2ccccc21. The van der Waals surface area contributed by atoms with Crippen LogP contribution < -0.4 is 5.32 Å². The molecule has 1 amide bonds. The lowest BCUT2D eigenvalue weighted by Gasteiger charge is -2.34. The van der Waals surface area contributed by atoms with Gasteiger partial charge in [-0.15, -0.1) is 0 Å².